The second kappa shape index (κ2) is 9.77. The Morgan fingerprint density at radius 3 is 2.80 bits per heavy atom. The van der Waals surface area contributed by atoms with Gasteiger partial charge in [0.15, 0.2) is 5.96 Å². The van der Waals surface area contributed by atoms with E-state index in [1.807, 2.05) is 0 Å². The highest BCUT2D eigenvalue weighted by molar-refractivity contribution is 7.10. The summed E-state index contributed by atoms with van der Waals surface area (Å²) >= 11 is 1.77. The molecule has 2 N–H and O–H groups in total. The molecule has 0 fully saturated rings. The monoisotopic (exact) mass is 297 g/mol. The fourth-order valence-corrected chi connectivity index (χ4v) is 2.52. The Balaban J connectivity index is 2.13. The largest absolute Gasteiger partial charge is 0.381 e. The number of guanidine groups is 1. The van der Waals surface area contributed by atoms with Crippen LogP contribution in [0.5, 0.6) is 0 Å². The van der Waals surface area contributed by atoms with Gasteiger partial charge in [0.1, 0.15) is 0 Å². The molecule has 1 heterocycles. The van der Waals surface area contributed by atoms with Crippen molar-refractivity contribution < 1.29 is 4.74 Å². The van der Waals surface area contributed by atoms with Crippen LogP contribution in [-0.4, -0.2) is 32.8 Å². The Hall–Kier alpha value is -1.07. The van der Waals surface area contributed by atoms with Crippen LogP contribution in [0.3, 0.4) is 0 Å². The molecule has 0 aliphatic rings. The molecule has 5 heteroatoms. The van der Waals surface area contributed by atoms with Gasteiger partial charge in [0.25, 0.3) is 0 Å². The molecule has 0 aliphatic heterocycles. The summed E-state index contributed by atoms with van der Waals surface area (Å²) in [4.78, 5) is 5.58. The minimum absolute atomic E-state index is 0.603. The van der Waals surface area contributed by atoms with Crippen molar-refractivity contribution in [3.63, 3.8) is 0 Å². The third kappa shape index (κ3) is 6.91. The van der Waals surface area contributed by atoms with Crippen LogP contribution in [0, 0.1) is 12.8 Å². The molecule has 1 aromatic rings. The van der Waals surface area contributed by atoms with Crippen LogP contribution < -0.4 is 10.6 Å². The summed E-state index contributed by atoms with van der Waals surface area (Å²) in [6.45, 7) is 9.80. The number of thiophene rings is 1. The van der Waals surface area contributed by atoms with Gasteiger partial charge in [-0.3, -0.25) is 4.99 Å². The summed E-state index contributed by atoms with van der Waals surface area (Å²) in [6, 6.07) is 2.14. The van der Waals surface area contributed by atoms with E-state index in [9.17, 15) is 0 Å². The van der Waals surface area contributed by atoms with E-state index in [1.54, 1.807) is 18.4 Å². The summed E-state index contributed by atoms with van der Waals surface area (Å²) in [7, 11) is 1.80. The first-order valence-corrected chi connectivity index (χ1v) is 8.06. The average molecular weight is 297 g/mol. The fraction of sp³-hybridized carbons (Fsp3) is 0.667. The molecule has 0 aromatic carbocycles. The zero-order valence-corrected chi connectivity index (χ0v) is 13.8. The quantitative estimate of drug-likeness (QED) is 0.440. The van der Waals surface area contributed by atoms with Gasteiger partial charge in [-0.25, -0.2) is 0 Å². The number of aryl methyl sites for hydroxylation is 1. The lowest BCUT2D eigenvalue weighted by atomic mass is 10.2. The van der Waals surface area contributed by atoms with Crippen molar-refractivity contribution in [1.82, 2.24) is 10.6 Å². The van der Waals surface area contributed by atoms with E-state index in [-0.39, 0.29) is 0 Å². The molecule has 0 atom stereocenters. The van der Waals surface area contributed by atoms with Crippen LogP contribution in [0.2, 0.25) is 0 Å². The second-order valence-electron chi connectivity index (χ2n) is 5.20. The summed E-state index contributed by atoms with van der Waals surface area (Å²) in [5, 5.41) is 8.75. The molecule has 0 bridgehead atoms. The molecule has 1 rings (SSSR count). The molecule has 0 aliphatic carbocycles. The Kier molecular flexibility index (Phi) is 8.30. The number of hydrogen-bond acceptors (Lipinski definition) is 3. The van der Waals surface area contributed by atoms with Crippen molar-refractivity contribution in [1.29, 1.82) is 0 Å². The van der Waals surface area contributed by atoms with Gasteiger partial charge >= 0.3 is 0 Å². The number of rotatable bonds is 8. The first kappa shape index (κ1) is 17.0. The van der Waals surface area contributed by atoms with Gasteiger partial charge in [0.05, 0.1) is 6.54 Å². The maximum Gasteiger partial charge on any atom is 0.191 e. The van der Waals surface area contributed by atoms with Crippen molar-refractivity contribution in [2.75, 3.05) is 26.8 Å². The first-order valence-electron chi connectivity index (χ1n) is 7.18. The summed E-state index contributed by atoms with van der Waals surface area (Å²) in [5.41, 5.74) is 1.33. The molecule has 114 valence electrons. The van der Waals surface area contributed by atoms with Gasteiger partial charge in [0, 0.05) is 31.7 Å². The highest BCUT2D eigenvalue weighted by Crippen LogP contribution is 2.14. The standard InChI is InChI=1S/C15H27N3OS/c1-12(2)11-19-8-5-7-17-15(16-4)18-10-14-13(3)6-9-20-14/h6,9,12H,5,7-8,10-11H2,1-4H3,(H2,16,17,18). The highest BCUT2D eigenvalue weighted by Gasteiger charge is 2.01. The summed E-state index contributed by atoms with van der Waals surface area (Å²) in [6.07, 6.45) is 0.992. The maximum absolute atomic E-state index is 5.55. The number of hydrogen-bond donors (Lipinski definition) is 2. The van der Waals surface area contributed by atoms with E-state index in [4.69, 9.17) is 4.74 Å². The van der Waals surface area contributed by atoms with E-state index >= 15 is 0 Å². The first-order chi connectivity index (χ1) is 9.63. The van der Waals surface area contributed by atoms with Crippen LogP contribution >= 0.6 is 11.3 Å². The third-order valence-corrected chi connectivity index (χ3v) is 3.84. The Morgan fingerprint density at radius 1 is 1.40 bits per heavy atom. The molecule has 0 radical (unpaired) electrons. The minimum Gasteiger partial charge on any atom is -0.381 e. The molecule has 0 spiro atoms. The van der Waals surface area contributed by atoms with Crippen molar-refractivity contribution in [2.45, 2.75) is 33.7 Å². The van der Waals surface area contributed by atoms with E-state index < -0.39 is 0 Å². The van der Waals surface area contributed by atoms with Crippen molar-refractivity contribution in [2.24, 2.45) is 10.9 Å². The highest BCUT2D eigenvalue weighted by atomic mass is 32.1. The molecule has 1 aromatic heterocycles. The average Bonchev–Trinajstić information content (AvgIpc) is 2.82. The maximum atomic E-state index is 5.55. The van der Waals surface area contributed by atoms with Crippen LogP contribution in [0.1, 0.15) is 30.7 Å². The van der Waals surface area contributed by atoms with Crippen LogP contribution in [0.15, 0.2) is 16.4 Å². The predicted octanol–water partition coefficient (Wildman–Crippen LogP) is 2.78. The zero-order valence-electron chi connectivity index (χ0n) is 13.0. The molecular weight excluding hydrogens is 270 g/mol. The summed E-state index contributed by atoms with van der Waals surface area (Å²) in [5.74, 6) is 1.45. The molecular formula is C15H27N3OS. The number of nitrogens with one attached hydrogen (secondary N) is 2. The van der Waals surface area contributed by atoms with Gasteiger partial charge < -0.3 is 15.4 Å². The van der Waals surface area contributed by atoms with E-state index in [0.29, 0.717) is 5.92 Å². The summed E-state index contributed by atoms with van der Waals surface area (Å²) < 4.78 is 5.55. The number of ether oxygens (including phenoxy) is 1. The smallest absolute Gasteiger partial charge is 0.191 e. The van der Waals surface area contributed by atoms with Gasteiger partial charge in [-0.2, -0.15) is 0 Å². The van der Waals surface area contributed by atoms with Gasteiger partial charge in [0.2, 0.25) is 0 Å². The number of nitrogens with zero attached hydrogens (tertiary/aromatic N) is 1. The molecule has 4 nitrogen and oxygen atoms in total. The molecule has 20 heavy (non-hydrogen) atoms. The second-order valence-corrected chi connectivity index (χ2v) is 6.20. The van der Waals surface area contributed by atoms with Crippen LogP contribution in [-0.2, 0) is 11.3 Å². The Morgan fingerprint density at radius 2 is 2.20 bits per heavy atom. The van der Waals surface area contributed by atoms with Crippen molar-refractivity contribution in [3.8, 4) is 0 Å². The van der Waals surface area contributed by atoms with Gasteiger partial charge in [-0.15, -0.1) is 11.3 Å². The predicted molar refractivity (Wildman–Crippen MR) is 87.5 cm³/mol. The Bertz CT molecular complexity index is 402. The van der Waals surface area contributed by atoms with Crippen LogP contribution in [0.4, 0.5) is 0 Å². The normalized spacial score (nSPS) is 11.9. The van der Waals surface area contributed by atoms with Crippen molar-refractivity contribution >= 4 is 17.3 Å². The fourth-order valence-electron chi connectivity index (χ4n) is 1.67. The number of aliphatic imine (C=N–C) groups is 1. The zero-order chi connectivity index (χ0) is 14.8. The molecule has 0 amide bonds. The molecule has 0 saturated carbocycles. The van der Waals surface area contributed by atoms with E-state index in [1.165, 1.54) is 10.4 Å². The lowest BCUT2D eigenvalue weighted by molar-refractivity contribution is 0.108. The lowest BCUT2D eigenvalue weighted by Gasteiger charge is -2.12. The SMILES string of the molecule is CN=C(NCCCOCC(C)C)NCc1sccc1C. The van der Waals surface area contributed by atoms with Gasteiger partial charge in [-0.1, -0.05) is 13.8 Å². The van der Waals surface area contributed by atoms with E-state index in [2.05, 4.69) is 47.8 Å². The Labute approximate surface area is 126 Å². The minimum atomic E-state index is 0.603. The molecule has 0 unspecified atom stereocenters. The topological polar surface area (TPSA) is 45.7 Å². The lowest BCUT2D eigenvalue weighted by Crippen LogP contribution is -2.37. The van der Waals surface area contributed by atoms with Gasteiger partial charge in [-0.05, 0) is 36.3 Å². The van der Waals surface area contributed by atoms with Crippen LogP contribution in [0.25, 0.3) is 0 Å². The van der Waals surface area contributed by atoms with E-state index in [0.717, 1.165) is 38.7 Å². The molecule has 0 saturated heterocycles. The third-order valence-electron chi connectivity index (χ3n) is 2.82. The van der Waals surface area contributed by atoms with Crippen molar-refractivity contribution in [3.05, 3.63) is 21.9 Å².